The second kappa shape index (κ2) is 6.48. The Balaban J connectivity index is 1.98. The van der Waals surface area contributed by atoms with Crippen molar-refractivity contribution in [2.75, 3.05) is 7.05 Å². The molecule has 4 heteroatoms. The van der Waals surface area contributed by atoms with Crippen molar-refractivity contribution in [3.05, 3.63) is 48.0 Å². The first-order valence-corrected chi connectivity index (χ1v) is 6.82. The molecule has 0 aromatic carbocycles. The third-order valence-corrected chi connectivity index (χ3v) is 3.40. The molecule has 4 nitrogen and oxygen atoms in total. The van der Waals surface area contributed by atoms with E-state index in [2.05, 4.69) is 48.1 Å². The normalized spacial score (nSPS) is 12.8. The van der Waals surface area contributed by atoms with E-state index in [4.69, 9.17) is 0 Å². The Morgan fingerprint density at radius 2 is 2.21 bits per heavy atom. The van der Waals surface area contributed by atoms with E-state index in [0.717, 1.165) is 19.5 Å². The van der Waals surface area contributed by atoms with E-state index in [1.165, 1.54) is 11.1 Å². The standard InChI is InChI=1S/C15H22N4/c1-4-8-19-12-14(9-17-19)11-18(3)13(2)15-6-5-7-16-10-15/h5-7,9-10,12-13H,4,8,11H2,1-3H3/t13-/m1/s1. The Bertz CT molecular complexity index is 492. The molecule has 2 aromatic rings. The summed E-state index contributed by atoms with van der Waals surface area (Å²) in [6.45, 7) is 6.26. The molecule has 2 heterocycles. The van der Waals surface area contributed by atoms with Crippen LogP contribution in [-0.4, -0.2) is 26.7 Å². The van der Waals surface area contributed by atoms with Crippen LogP contribution in [0.15, 0.2) is 36.9 Å². The zero-order chi connectivity index (χ0) is 13.7. The molecule has 0 spiro atoms. The first-order chi connectivity index (χ1) is 9.20. The average Bonchev–Trinajstić information content (AvgIpc) is 2.86. The monoisotopic (exact) mass is 258 g/mol. The Morgan fingerprint density at radius 1 is 1.37 bits per heavy atom. The lowest BCUT2D eigenvalue weighted by atomic mass is 10.1. The van der Waals surface area contributed by atoms with Crippen molar-refractivity contribution in [2.45, 2.75) is 39.4 Å². The van der Waals surface area contributed by atoms with E-state index < -0.39 is 0 Å². The molecule has 0 unspecified atom stereocenters. The summed E-state index contributed by atoms with van der Waals surface area (Å²) in [4.78, 5) is 6.49. The van der Waals surface area contributed by atoms with Gasteiger partial charge in [-0.3, -0.25) is 14.6 Å². The first-order valence-electron chi connectivity index (χ1n) is 6.82. The largest absolute Gasteiger partial charge is 0.295 e. The van der Waals surface area contributed by atoms with Gasteiger partial charge in [-0.1, -0.05) is 13.0 Å². The topological polar surface area (TPSA) is 34.0 Å². The molecule has 0 aliphatic rings. The summed E-state index contributed by atoms with van der Waals surface area (Å²) in [6, 6.07) is 4.45. The predicted molar refractivity (Wildman–Crippen MR) is 76.6 cm³/mol. The molecule has 0 aliphatic heterocycles. The minimum Gasteiger partial charge on any atom is -0.295 e. The van der Waals surface area contributed by atoms with Crippen molar-refractivity contribution in [1.82, 2.24) is 19.7 Å². The number of hydrogen-bond acceptors (Lipinski definition) is 3. The molecular weight excluding hydrogens is 236 g/mol. The van der Waals surface area contributed by atoms with Crippen molar-refractivity contribution < 1.29 is 0 Å². The molecule has 0 aliphatic carbocycles. The van der Waals surface area contributed by atoms with Crippen molar-refractivity contribution in [1.29, 1.82) is 0 Å². The van der Waals surface area contributed by atoms with Gasteiger partial charge in [0.2, 0.25) is 0 Å². The molecule has 19 heavy (non-hydrogen) atoms. The number of nitrogens with zero attached hydrogens (tertiary/aromatic N) is 4. The van der Waals surface area contributed by atoms with Crippen molar-refractivity contribution in [3.8, 4) is 0 Å². The van der Waals surface area contributed by atoms with Gasteiger partial charge < -0.3 is 0 Å². The molecule has 0 fully saturated rings. The first kappa shape index (κ1) is 13.7. The van der Waals surface area contributed by atoms with Crippen LogP contribution in [0.2, 0.25) is 0 Å². The smallest absolute Gasteiger partial charge is 0.0534 e. The van der Waals surface area contributed by atoms with Crippen molar-refractivity contribution >= 4 is 0 Å². The molecule has 0 saturated carbocycles. The van der Waals surface area contributed by atoms with E-state index in [9.17, 15) is 0 Å². The van der Waals surface area contributed by atoms with Gasteiger partial charge in [0, 0.05) is 43.3 Å². The van der Waals surface area contributed by atoms with E-state index in [-0.39, 0.29) is 0 Å². The van der Waals surface area contributed by atoms with Crippen molar-refractivity contribution in [2.24, 2.45) is 0 Å². The number of aromatic nitrogens is 3. The van der Waals surface area contributed by atoms with Gasteiger partial charge in [-0.15, -0.1) is 0 Å². The van der Waals surface area contributed by atoms with E-state index in [1.807, 2.05) is 29.3 Å². The van der Waals surface area contributed by atoms with Crippen LogP contribution in [0, 0.1) is 0 Å². The summed E-state index contributed by atoms with van der Waals surface area (Å²) in [5.41, 5.74) is 2.50. The SMILES string of the molecule is CCCn1cc(CN(C)[C@H](C)c2cccnc2)cn1. The van der Waals surface area contributed by atoms with Gasteiger partial charge in [-0.25, -0.2) is 0 Å². The zero-order valence-corrected chi connectivity index (χ0v) is 12.0. The van der Waals surface area contributed by atoms with Crippen molar-refractivity contribution in [3.63, 3.8) is 0 Å². The van der Waals surface area contributed by atoms with E-state index in [0.29, 0.717) is 6.04 Å². The highest BCUT2D eigenvalue weighted by Gasteiger charge is 2.12. The van der Waals surface area contributed by atoms with E-state index >= 15 is 0 Å². The third kappa shape index (κ3) is 3.64. The second-order valence-corrected chi connectivity index (χ2v) is 4.99. The lowest BCUT2D eigenvalue weighted by Gasteiger charge is -2.24. The lowest BCUT2D eigenvalue weighted by molar-refractivity contribution is 0.252. The number of hydrogen-bond donors (Lipinski definition) is 0. The second-order valence-electron chi connectivity index (χ2n) is 4.99. The van der Waals surface area contributed by atoms with Crippen LogP contribution >= 0.6 is 0 Å². The Morgan fingerprint density at radius 3 is 2.89 bits per heavy atom. The molecule has 2 rings (SSSR count). The maximum absolute atomic E-state index is 4.37. The number of rotatable bonds is 6. The lowest BCUT2D eigenvalue weighted by Crippen LogP contribution is -2.21. The van der Waals surface area contributed by atoms with Crippen LogP contribution < -0.4 is 0 Å². The summed E-state index contributed by atoms with van der Waals surface area (Å²) in [7, 11) is 2.13. The Labute approximate surface area is 115 Å². The zero-order valence-electron chi connectivity index (χ0n) is 12.0. The van der Waals surface area contributed by atoms with Crippen LogP contribution in [0.1, 0.15) is 37.4 Å². The van der Waals surface area contributed by atoms with Gasteiger partial charge in [-0.2, -0.15) is 5.10 Å². The van der Waals surface area contributed by atoms with Gasteiger partial charge in [0.25, 0.3) is 0 Å². The molecule has 0 amide bonds. The maximum atomic E-state index is 4.37. The van der Waals surface area contributed by atoms with Gasteiger partial charge in [-0.05, 0) is 32.0 Å². The van der Waals surface area contributed by atoms with Gasteiger partial charge in [0.1, 0.15) is 0 Å². The minimum absolute atomic E-state index is 0.350. The third-order valence-electron chi connectivity index (χ3n) is 3.40. The fourth-order valence-corrected chi connectivity index (χ4v) is 2.14. The van der Waals surface area contributed by atoms with Crippen LogP contribution in [0.4, 0.5) is 0 Å². The summed E-state index contributed by atoms with van der Waals surface area (Å²) >= 11 is 0. The Hall–Kier alpha value is -1.68. The summed E-state index contributed by atoms with van der Waals surface area (Å²) in [6.07, 6.45) is 8.95. The highest BCUT2D eigenvalue weighted by Crippen LogP contribution is 2.19. The minimum atomic E-state index is 0.350. The molecule has 0 saturated heterocycles. The quantitative estimate of drug-likeness (QED) is 0.799. The predicted octanol–water partition coefficient (Wildman–Crippen LogP) is 2.88. The van der Waals surface area contributed by atoms with Gasteiger partial charge in [0.15, 0.2) is 0 Å². The van der Waals surface area contributed by atoms with Crippen LogP contribution in [0.25, 0.3) is 0 Å². The number of pyridine rings is 1. The highest BCUT2D eigenvalue weighted by molar-refractivity contribution is 5.14. The van der Waals surface area contributed by atoms with Gasteiger partial charge in [0.05, 0.1) is 6.20 Å². The molecule has 0 bridgehead atoms. The molecule has 0 N–H and O–H groups in total. The van der Waals surface area contributed by atoms with Gasteiger partial charge >= 0.3 is 0 Å². The molecule has 102 valence electrons. The molecular formula is C15H22N4. The summed E-state index contributed by atoms with van der Waals surface area (Å²) in [5.74, 6) is 0. The summed E-state index contributed by atoms with van der Waals surface area (Å²) < 4.78 is 2.01. The van der Waals surface area contributed by atoms with Crippen LogP contribution in [-0.2, 0) is 13.1 Å². The fourth-order valence-electron chi connectivity index (χ4n) is 2.14. The molecule has 1 atom stereocenters. The fraction of sp³-hybridized carbons (Fsp3) is 0.467. The highest BCUT2D eigenvalue weighted by atomic mass is 15.3. The Kier molecular flexibility index (Phi) is 4.68. The summed E-state index contributed by atoms with van der Waals surface area (Å²) in [5, 5.41) is 4.37. The van der Waals surface area contributed by atoms with Crippen LogP contribution in [0.5, 0.6) is 0 Å². The average molecular weight is 258 g/mol. The van der Waals surface area contributed by atoms with E-state index in [1.54, 1.807) is 0 Å². The molecule has 2 aromatic heterocycles. The molecule has 0 radical (unpaired) electrons. The number of aryl methyl sites for hydroxylation is 1. The maximum Gasteiger partial charge on any atom is 0.0534 e. The van der Waals surface area contributed by atoms with Crippen LogP contribution in [0.3, 0.4) is 0 Å².